The number of hydrogen-bond donors (Lipinski definition) is 0. The highest BCUT2D eigenvalue weighted by Crippen LogP contribution is 2.35. The zero-order valence-electron chi connectivity index (χ0n) is 15.2. The first-order valence-corrected chi connectivity index (χ1v) is 10.3. The lowest BCUT2D eigenvalue weighted by Gasteiger charge is -2.13. The van der Waals surface area contributed by atoms with Crippen molar-refractivity contribution in [2.24, 2.45) is 0 Å². The Labute approximate surface area is 171 Å². The van der Waals surface area contributed by atoms with Gasteiger partial charge in [0.15, 0.2) is 0 Å². The summed E-state index contributed by atoms with van der Waals surface area (Å²) in [5, 5.41) is -0.251. The number of carbonyl (C=O) groups excluding carboxylic acids is 2. The van der Waals surface area contributed by atoms with E-state index in [-0.39, 0.29) is 17.7 Å². The fourth-order valence-corrected chi connectivity index (χ4v) is 3.95. The fourth-order valence-electron chi connectivity index (χ4n) is 2.75. The molecule has 2 amide bonds. The zero-order chi connectivity index (χ0) is 19.4. The normalized spacial score (nSPS) is 15.7. The average molecular weight is 446 g/mol. The van der Waals surface area contributed by atoms with Gasteiger partial charge in [-0.25, -0.2) is 0 Å². The molecule has 6 heteroatoms. The highest BCUT2D eigenvalue weighted by molar-refractivity contribution is 9.10. The van der Waals surface area contributed by atoms with Crippen molar-refractivity contribution in [1.29, 1.82) is 0 Å². The van der Waals surface area contributed by atoms with E-state index in [1.807, 2.05) is 56.3 Å². The van der Waals surface area contributed by atoms with Crippen LogP contribution in [0.3, 0.4) is 0 Å². The molecule has 1 aliphatic rings. The predicted octanol–water partition coefficient (Wildman–Crippen LogP) is 5.78. The van der Waals surface area contributed by atoms with E-state index in [9.17, 15) is 9.59 Å². The van der Waals surface area contributed by atoms with Crippen LogP contribution in [0.1, 0.15) is 30.0 Å². The average Bonchev–Trinajstić information content (AvgIpc) is 2.89. The van der Waals surface area contributed by atoms with Gasteiger partial charge >= 0.3 is 0 Å². The second-order valence-electron chi connectivity index (χ2n) is 6.29. The van der Waals surface area contributed by atoms with Crippen LogP contribution in [0.25, 0.3) is 6.08 Å². The summed E-state index contributed by atoms with van der Waals surface area (Å²) < 4.78 is 6.65. The Morgan fingerprint density at radius 3 is 2.74 bits per heavy atom. The second-order valence-corrected chi connectivity index (χ2v) is 8.20. The van der Waals surface area contributed by atoms with Crippen LogP contribution in [-0.2, 0) is 11.3 Å². The first-order valence-electron chi connectivity index (χ1n) is 8.71. The van der Waals surface area contributed by atoms with Crippen molar-refractivity contribution in [3.8, 4) is 5.75 Å². The molecule has 27 heavy (non-hydrogen) atoms. The lowest BCUT2D eigenvalue weighted by atomic mass is 10.1. The van der Waals surface area contributed by atoms with Crippen molar-refractivity contribution in [2.45, 2.75) is 26.8 Å². The van der Waals surface area contributed by atoms with Gasteiger partial charge in [-0.2, -0.15) is 0 Å². The van der Waals surface area contributed by atoms with Crippen LogP contribution in [0.5, 0.6) is 5.75 Å². The van der Waals surface area contributed by atoms with E-state index in [1.165, 1.54) is 4.90 Å². The van der Waals surface area contributed by atoms with Gasteiger partial charge in [-0.15, -0.1) is 0 Å². The molecule has 140 valence electrons. The molecule has 1 aliphatic heterocycles. The Morgan fingerprint density at radius 1 is 1.19 bits per heavy atom. The van der Waals surface area contributed by atoms with E-state index >= 15 is 0 Å². The summed E-state index contributed by atoms with van der Waals surface area (Å²) >= 11 is 4.42. The number of imide groups is 1. The molecule has 2 aromatic carbocycles. The van der Waals surface area contributed by atoms with Gasteiger partial charge in [0.2, 0.25) is 0 Å². The van der Waals surface area contributed by atoms with Gasteiger partial charge in [0, 0.05) is 10.0 Å². The fraction of sp³-hybridized carbons (Fsp3) is 0.238. The number of rotatable bonds is 6. The Balaban J connectivity index is 1.85. The third kappa shape index (κ3) is 4.82. The Bertz CT molecular complexity index is 910. The maximum atomic E-state index is 12.8. The predicted molar refractivity (Wildman–Crippen MR) is 113 cm³/mol. The number of hydrogen-bond acceptors (Lipinski definition) is 4. The van der Waals surface area contributed by atoms with Crippen molar-refractivity contribution in [1.82, 2.24) is 4.90 Å². The highest BCUT2D eigenvalue weighted by Gasteiger charge is 2.35. The second kappa shape index (κ2) is 8.76. The number of benzene rings is 2. The quantitative estimate of drug-likeness (QED) is 0.528. The topological polar surface area (TPSA) is 46.6 Å². The van der Waals surface area contributed by atoms with Crippen molar-refractivity contribution in [3.63, 3.8) is 0 Å². The number of aryl methyl sites for hydroxylation is 1. The molecule has 0 unspecified atom stereocenters. The summed E-state index contributed by atoms with van der Waals surface area (Å²) in [5.74, 6) is 0.429. The Kier molecular flexibility index (Phi) is 6.39. The number of carbonyl (C=O) groups is 2. The van der Waals surface area contributed by atoms with Gasteiger partial charge < -0.3 is 4.74 Å². The minimum absolute atomic E-state index is 0.251. The highest BCUT2D eigenvalue weighted by atomic mass is 79.9. The smallest absolute Gasteiger partial charge is 0.293 e. The maximum absolute atomic E-state index is 12.8. The molecule has 1 heterocycles. The molecule has 0 aliphatic carbocycles. The number of ether oxygens (including phenoxy) is 1. The minimum Gasteiger partial charge on any atom is -0.493 e. The monoisotopic (exact) mass is 445 g/mol. The first-order chi connectivity index (χ1) is 13.0. The standard InChI is InChI=1S/C21H20BrNO3S/c1-3-9-26-18-8-7-17(22)11-16(18)12-19-20(24)23(21(25)27-19)13-15-6-4-5-14(2)10-15/h4-8,10-12H,3,9,13H2,1-2H3/b19-12+. The van der Waals surface area contributed by atoms with Gasteiger partial charge in [-0.1, -0.05) is 52.7 Å². The van der Waals surface area contributed by atoms with Crippen molar-refractivity contribution in [3.05, 3.63) is 68.5 Å². The minimum atomic E-state index is -0.270. The summed E-state index contributed by atoms with van der Waals surface area (Å²) in [5.41, 5.74) is 2.81. The summed E-state index contributed by atoms with van der Waals surface area (Å²) in [4.78, 5) is 26.9. The van der Waals surface area contributed by atoms with Gasteiger partial charge in [0.1, 0.15) is 5.75 Å². The Hall–Kier alpha value is -2.05. The molecule has 0 N–H and O–H groups in total. The van der Waals surface area contributed by atoms with Crippen LogP contribution in [-0.4, -0.2) is 22.7 Å². The van der Waals surface area contributed by atoms with E-state index in [1.54, 1.807) is 6.08 Å². The van der Waals surface area contributed by atoms with Crippen molar-refractivity contribution >= 4 is 44.9 Å². The zero-order valence-corrected chi connectivity index (χ0v) is 17.6. The van der Waals surface area contributed by atoms with E-state index in [0.29, 0.717) is 17.3 Å². The van der Waals surface area contributed by atoms with Crippen LogP contribution < -0.4 is 4.74 Å². The molecule has 4 nitrogen and oxygen atoms in total. The molecule has 0 aromatic heterocycles. The molecule has 0 bridgehead atoms. The van der Waals surface area contributed by atoms with Crippen molar-refractivity contribution < 1.29 is 14.3 Å². The molecule has 1 fully saturated rings. The van der Waals surface area contributed by atoms with Crippen molar-refractivity contribution in [2.75, 3.05) is 6.61 Å². The van der Waals surface area contributed by atoms with Crippen LogP contribution in [0.2, 0.25) is 0 Å². The molecule has 0 spiro atoms. The van der Waals surface area contributed by atoms with E-state index in [2.05, 4.69) is 15.9 Å². The van der Waals surface area contributed by atoms with Gasteiger partial charge in [0.25, 0.3) is 11.1 Å². The third-order valence-electron chi connectivity index (χ3n) is 4.02. The molecular formula is C21H20BrNO3S. The van der Waals surface area contributed by atoms with Gasteiger partial charge in [-0.3, -0.25) is 14.5 Å². The lowest BCUT2D eigenvalue weighted by Crippen LogP contribution is -2.27. The molecule has 2 aromatic rings. The molecule has 3 rings (SSSR count). The first kappa shape index (κ1) is 19.7. The van der Waals surface area contributed by atoms with Gasteiger partial charge in [0.05, 0.1) is 18.1 Å². The SMILES string of the molecule is CCCOc1ccc(Br)cc1/C=C1/SC(=O)N(Cc2cccc(C)c2)C1=O. The van der Waals surface area contributed by atoms with E-state index in [0.717, 1.165) is 39.3 Å². The van der Waals surface area contributed by atoms with Crippen LogP contribution in [0.4, 0.5) is 4.79 Å². The maximum Gasteiger partial charge on any atom is 0.293 e. The van der Waals surface area contributed by atoms with E-state index in [4.69, 9.17) is 4.74 Å². The summed E-state index contributed by atoms with van der Waals surface area (Å²) in [6.45, 7) is 4.90. The molecule has 0 radical (unpaired) electrons. The van der Waals surface area contributed by atoms with Crippen LogP contribution in [0, 0.1) is 6.92 Å². The number of thioether (sulfide) groups is 1. The largest absolute Gasteiger partial charge is 0.493 e. The Morgan fingerprint density at radius 2 is 2.00 bits per heavy atom. The molecule has 1 saturated heterocycles. The number of halogens is 1. The summed E-state index contributed by atoms with van der Waals surface area (Å²) in [6.07, 6.45) is 2.62. The molecular weight excluding hydrogens is 426 g/mol. The van der Waals surface area contributed by atoms with Crippen LogP contribution >= 0.6 is 27.7 Å². The third-order valence-corrected chi connectivity index (χ3v) is 5.42. The number of nitrogens with zero attached hydrogens (tertiary/aromatic N) is 1. The summed E-state index contributed by atoms with van der Waals surface area (Å²) in [7, 11) is 0. The number of amides is 2. The molecule has 0 saturated carbocycles. The summed E-state index contributed by atoms with van der Waals surface area (Å²) in [6, 6.07) is 13.5. The molecule has 0 atom stereocenters. The van der Waals surface area contributed by atoms with Gasteiger partial charge in [-0.05, 0) is 54.9 Å². The van der Waals surface area contributed by atoms with Crippen LogP contribution in [0.15, 0.2) is 51.8 Å². The van der Waals surface area contributed by atoms with E-state index < -0.39 is 0 Å². The lowest BCUT2D eigenvalue weighted by molar-refractivity contribution is -0.123.